The van der Waals surface area contributed by atoms with Crippen molar-refractivity contribution in [3.05, 3.63) is 40.9 Å². The summed E-state index contributed by atoms with van der Waals surface area (Å²) in [5.74, 6) is -0.197. The number of H-pyrrole nitrogens is 1. The number of hydrogen-bond donors (Lipinski definition) is 2. The van der Waals surface area contributed by atoms with Crippen molar-refractivity contribution in [1.82, 2.24) is 20.6 Å². The third-order valence-electron chi connectivity index (χ3n) is 1.88. The molecular weight excluding hydrogens is 242 g/mol. The van der Waals surface area contributed by atoms with Crippen molar-refractivity contribution >= 4 is 29.5 Å². The summed E-state index contributed by atoms with van der Waals surface area (Å²) in [5, 5.41) is 15.8. The van der Waals surface area contributed by atoms with E-state index in [-0.39, 0.29) is 11.9 Å². The van der Waals surface area contributed by atoms with Crippen LogP contribution in [0.2, 0.25) is 5.02 Å². The Balaban J connectivity index is 1.96. The second kappa shape index (κ2) is 5.22. The van der Waals surface area contributed by atoms with Gasteiger partial charge in [-0.2, -0.15) is 5.21 Å². The molecule has 2 rings (SSSR count). The van der Waals surface area contributed by atoms with E-state index in [1.54, 1.807) is 30.3 Å². The molecule has 0 aliphatic carbocycles. The van der Waals surface area contributed by atoms with E-state index in [0.29, 0.717) is 5.02 Å². The number of hydrogen-bond acceptors (Lipinski definition) is 4. The number of anilines is 1. The summed E-state index contributed by atoms with van der Waals surface area (Å²) in [6.45, 7) is 0. The first kappa shape index (κ1) is 11.3. The zero-order chi connectivity index (χ0) is 12.1. The number of carbonyl (C=O) groups is 1. The minimum atomic E-state index is -0.332. The molecule has 1 aromatic heterocycles. The summed E-state index contributed by atoms with van der Waals surface area (Å²) >= 11 is 5.74. The van der Waals surface area contributed by atoms with Crippen LogP contribution in [-0.2, 0) is 4.79 Å². The highest BCUT2D eigenvalue weighted by molar-refractivity contribution is 6.30. The molecule has 1 heterocycles. The van der Waals surface area contributed by atoms with Gasteiger partial charge in [-0.25, -0.2) is 0 Å². The normalized spacial score (nSPS) is 10.6. The molecule has 1 aromatic carbocycles. The van der Waals surface area contributed by atoms with E-state index in [4.69, 9.17) is 11.6 Å². The lowest BCUT2D eigenvalue weighted by Gasteiger charge is -1.94. The van der Waals surface area contributed by atoms with Crippen LogP contribution in [0, 0.1) is 0 Å². The first-order valence-corrected chi connectivity index (χ1v) is 5.10. The molecule has 17 heavy (non-hydrogen) atoms. The molecule has 0 atom stereocenters. The van der Waals surface area contributed by atoms with E-state index in [0.717, 1.165) is 5.56 Å². The van der Waals surface area contributed by atoms with Gasteiger partial charge >= 0.3 is 0 Å². The highest BCUT2D eigenvalue weighted by Crippen LogP contribution is 2.10. The third kappa shape index (κ3) is 3.39. The number of aromatic amines is 1. The first-order chi connectivity index (χ1) is 8.24. The van der Waals surface area contributed by atoms with Crippen molar-refractivity contribution in [3.8, 4) is 0 Å². The summed E-state index contributed by atoms with van der Waals surface area (Å²) in [4.78, 5) is 11.4. The Kier molecular flexibility index (Phi) is 3.46. The SMILES string of the molecule is O=C(/C=C/c1ccc(Cl)cc1)Nc1nn[nH]n1. The number of tetrazole rings is 1. The van der Waals surface area contributed by atoms with Gasteiger partial charge in [0.2, 0.25) is 0 Å². The van der Waals surface area contributed by atoms with Gasteiger partial charge in [0, 0.05) is 11.1 Å². The Hall–Kier alpha value is -2.21. The minimum absolute atomic E-state index is 0.135. The lowest BCUT2D eigenvalue weighted by molar-refractivity contribution is -0.111. The van der Waals surface area contributed by atoms with Gasteiger partial charge in [-0.15, -0.1) is 5.10 Å². The van der Waals surface area contributed by atoms with Crippen LogP contribution in [0.1, 0.15) is 5.56 Å². The topological polar surface area (TPSA) is 83.6 Å². The number of benzene rings is 1. The van der Waals surface area contributed by atoms with Crippen LogP contribution in [0.15, 0.2) is 30.3 Å². The molecule has 2 N–H and O–H groups in total. The van der Waals surface area contributed by atoms with Crippen molar-refractivity contribution in [2.75, 3.05) is 5.32 Å². The van der Waals surface area contributed by atoms with Gasteiger partial charge < -0.3 is 0 Å². The number of amides is 1. The van der Waals surface area contributed by atoms with Gasteiger partial charge in [0.25, 0.3) is 11.9 Å². The molecule has 0 saturated heterocycles. The molecule has 0 spiro atoms. The van der Waals surface area contributed by atoms with Gasteiger partial charge in [-0.3, -0.25) is 10.1 Å². The number of halogens is 1. The van der Waals surface area contributed by atoms with Gasteiger partial charge in [0.15, 0.2) is 0 Å². The molecule has 0 fully saturated rings. The summed E-state index contributed by atoms with van der Waals surface area (Å²) in [5.41, 5.74) is 0.873. The quantitative estimate of drug-likeness (QED) is 0.808. The second-order valence-electron chi connectivity index (χ2n) is 3.11. The first-order valence-electron chi connectivity index (χ1n) is 4.72. The molecule has 1 amide bonds. The van der Waals surface area contributed by atoms with Gasteiger partial charge in [0.05, 0.1) is 0 Å². The number of nitrogens with zero attached hydrogens (tertiary/aromatic N) is 3. The standard InChI is InChI=1S/C10H8ClN5O/c11-8-4-1-7(2-5-8)3-6-9(17)12-10-13-15-16-14-10/h1-6H,(H2,12,13,14,15,16,17)/b6-3+. The van der Waals surface area contributed by atoms with Crippen molar-refractivity contribution in [1.29, 1.82) is 0 Å². The van der Waals surface area contributed by atoms with E-state index in [2.05, 4.69) is 25.9 Å². The van der Waals surface area contributed by atoms with Crippen LogP contribution < -0.4 is 5.32 Å². The number of carbonyl (C=O) groups excluding carboxylic acids is 1. The minimum Gasteiger partial charge on any atom is -0.288 e. The van der Waals surface area contributed by atoms with Crippen LogP contribution in [0.4, 0.5) is 5.95 Å². The molecular formula is C10H8ClN5O. The predicted molar refractivity (Wildman–Crippen MR) is 63.3 cm³/mol. The number of rotatable bonds is 3. The Morgan fingerprint density at radius 3 is 2.76 bits per heavy atom. The Bertz CT molecular complexity index is 520. The van der Waals surface area contributed by atoms with Crippen molar-refractivity contribution in [2.24, 2.45) is 0 Å². The lowest BCUT2D eigenvalue weighted by atomic mass is 10.2. The van der Waals surface area contributed by atoms with Gasteiger partial charge in [0.1, 0.15) is 0 Å². The zero-order valence-electron chi connectivity index (χ0n) is 8.59. The maximum Gasteiger partial charge on any atom is 0.270 e. The monoisotopic (exact) mass is 249 g/mol. The summed E-state index contributed by atoms with van der Waals surface area (Å²) in [6.07, 6.45) is 3.03. The van der Waals surface area contributed by atoms with Gasteiger partial charge in [-0.05, 0) is 29.0 Å². The maximum absolute atomic E-state index is 11.4. The predicted octanol–water partition coefficient (Wildman–Crippen LogP) is 1.50. The van der Waals surface area contributed by atoms with Crippen LogP contribution in [0.5, 0.6) is 0 Å². The van der Waals surface area contributed by atoms with Crippen molar-refractivity contribution < 1.29 is 4.79 Å². The molecule has 2 aromatic rings. The molecule has 7 heteroatoms. The number of aromatic nitrogens is 4. The van der Waals surface area contributed by atoms with Crippen LogP contribution in [0.3, 0.4) is 0 Å². The lowest BCUT2D eigenvalue weighted by Crippen LogP contribution is -2.09. The fourth-order valence-electron chi connectivity index (χ4n) is 1.11. The van der Waals surface area contributed by atoms with E-state index < -0.39 is 0 Å². The van der Waals surface area contributed by atoms with Crippen molar-refractivity contribution in [2.45, 2.75) is 0 Å². The van der Waals surface area contributed by atoms with E-state index in [1.807, 2.05) is 0 Å². The van der Waals surface area contributed by atoms with Crippen molar-refractivity contribution in [3.63, 3.8) is 0 Å². The zero-order valence-corrected chi connectivity index (χ0v) is 9.35. The molecule has 0 radical (unpaired) electrons. The summed E-state index contributed by atoms with van der Waals surface area (Å²) in [6, 6.07) is 7.11. The highest BCUT2D eigenvalue weighted by Gasteiger charge is 2.00. The average Bonchev–Trinajstić information content (AvgIpc) is 2.81. The Morgan fingerprint density at radius 1 is 1.35 bits per heavy atom. The summed E-state index contributed by atoms with van der Waals surface area (Å²) < 4.78 is 0. The fraction of sp³-hybridized carbons (Fsp3) is 0. The largest absolute Gasteiger partial charge is 0.288 e. The maximum atomic E-state index is 11.4. The summed E-state index contributed by atoms with van der Waals surface area (Å²) in [7, 11) is 0. The van der Waals surface area contributed by atoms with E-state index in [9.17, 15) is 4.79 Å². The van der Waals surface area contributed by atoms with E-state index >= 15 is 0 Å². The van der Waals surface area contributed by atoms with Crippen LogP contribution in [-0.4, -0.2) is 26.5 Å². The molecule has 0 aliphatic rings. The molecule has 0 aliphatic heterocycles. The van der Waals surface area contributed by atoms with Crippen LogP contribution in [0.25, 0.3) is 6.08 Å². The molecule has 0 unspecified atom stereocenters. The van der Waals surface area contributed by atoms with E-state index in [1.165, 1.54) is 6.08 Å². The van der Waals surface area contributed by atoms with Gasteiger partial charge in [-0.1, -0.05) is 28.8 Å². The molecule has 6 nitrogen and oxygen atoms in total. The second-order valence-corrected chi connectivity index (χ2v) is 3.55. The Labute approximate surface area is 102 Å². The third-order valence-corrected chi connectivity index (χ3v) is 2.13. The highest BCUT2D eigenvalue weighted by atomic mass is 35.5. The fourth-order valence-corrected chi connectivity index (χ4v) is 1.24. The Morgan fingerprint density at radius 2 is 2.12 bits per heavy atom. The molecule has 0 saturated carbocycles. The molecule has 0 bridgehead atoms. The average molecular weight is 250 g/mol. The molecule has 86 valence electrons. The van der Waals surface area contributed by atoms with Crippen LogP contribution >= 0.6 is 11.6 Å². The number of nitrogens with one attached hydrogen (secondary N) is 2. The smallest absolute Gasteiger partial charge is 0.270 e.